The second-order valence-corrected chi connectivity index (χ2v) is 11.4. The summed E-state index contributed by atoms with van der Waals surface area (Å²) in [6.45, 7) is 0.574. The van der Waals surface area contributed by atoms with Gasteiger partial charge in [0.05, 0.1) is 12.0 Å². The SMILES string of the molecule is O=C1CCC(N2Cc3cc(COc4ccc(CC(=O)Nc5cc(C6CCC6)[nH]n5)cc4)cc(Br)c3C2=O)C(=O)N1. The van der Waals surface area contributed by atoms with Gasteiger partial charge in [-0.2, -0.15) is 5.10 Å². The van der Waals surface area contributed by atoms with Crippen LogP contribution in [0.5, 0.6) is 5.75 Å². The van der Waals surface area contributed by atoms with Crippen LogP contribution in [0.2, 0.25) is 0 Å². The first-order valence-corrected chi connectivity index (χ1v) is 14.2. The van der Waals surface area contributed by atoms with E-state index in [1.165, 1.54) is 11.3 Å². The number of hydrogen-bond acceptors (Lipinski definition) is 6. The van der Waals surface area contributed by atoms with Gasteiger partial charge in [0.2, 0.25) is 17.7 Å². The zero-order chi connectivity index (χ0) is 27.8. The summed E-state index contributed by atoms with van der Waals surface area (Å²) in [5.74, 6) is 0.622. The molecule has 0 radical (unpaired) electrons. The highest BCUT2D eigenvalue weighted by atomic mass is 79.9. The highest BCUT2D eigenvalue weighted by Crippen LogP contribution is 2.36. The molecule has 10 nitrogen and oxygen atoms in total. The minimum atomic E-state index is -0.658. The number of carbonyl (C=O) groups is 4. The van der Waals surface area contributed by atoms with Crippen molar-refractivity contribution in [1.29, 1.82) is 0 Å². The summed E-state index contributed by atoms with van der Waals surface area (Å²) in [7, 11) is 0. The van der Waals surface area contributed by atoms with E-state index >= 15 is 0 Å². The van der Waals surface area contributed by atoms with Crippen LogP contribution in [0.25, 0.3) is 0 Å². The molecule has 1 atom stereocenters. The third kappa shape index (κ3) is 5.38. The van der Waals surface area contributed by atoms with Gasteiger partial charge in [-0.1, -0.05) is 18.6 Å². The average molecular weight is 606 g/mol. The Hall–Kier alpha value is -3.99. The molecule has 4 amide bonds. The van der Waals surface area contributed by atoms with E-state index in [0.29, 0.717) is 40.5 Å². The van der Waals surface area contributed by atoms with Crippen LogP contribution in [-0.2, 0) is 34.0 Å². The molecule has 2 aliphatic heterocycles. The molecule has 1 saturated heterocycles. The molecule has 6 rings (SSSR count). The topological polar surface area (TPSA) is 133 Å². The number of aromatic amines is 1. The highest BCUT2D eigenvalue weighted by Gasteiger charge is 2.40. The van der Waals surface area contributed by atoms with Crippen LogP contribution in [0.4, 0.5) is 5.82 Å². The molecule has 206 valence electrons. The predicted molar refractivity (Wildman–Crippen MR) is 148 cm³/mol. The second kappa shape index (κ2) is 10.9. The van der Waals surface area contributed by atoms with E-state index in [-0.39, 0.29) is 37.2 Å². The maximum atomic E-state index is 13.1. The van der Waals surface area contributed by atoms with E-state index in [1.807, 2.05) is 42.5 Å². The van der Waals surface area contributed by atoms with Crippen LogP contribution in [-0.4, -0.2) is 44.8 Å². The Bertz CT molecular complexity index is 1500. The third-order valence-electron chi connectivity index (χ3n) is 7.74. The first kappa shape index (κ1) is 26.2. The molecule has 3 heterocycles. The Balaban J connectivity index is 1.03. The molecular weight excluding hydrogens is 578 g/mol. The lowest BCUT2D eigenvalue weighted by atomic mass is 9.83. The maximum Gasteiger partial charge on any atom is 0.256 e. The van der Waals surface area contributed by atoms with Gasteiger partial charge in [-0.25, -0.2) is 0 Å². The molecule has 40 heavy (non-hydrogen) atoms. The van der Waals surface area contributed by atoms with E-state index in [4.69, 9.17) is 4.74 Å². The Morgan fingerprint density at radius 1 is 1.07 bits per heavy atom. The van der Waals surface area contributed by atoms with E-state index in [9.17, 15) is 19.2 Å². The van der Waals surface area contributed by atoms with Crippen molar-refractivity contribution in [3.05, 3.63) is 74.9 Å². The van der Waals surface area contributed by atoms with Crippen LogP contribution in [0.3, 0.4) is 0 Å². The lowest BCUT2D eigenvalue weighted by Crippen LogP contribution is -2.52. The number of halogens is 1. The molecule has 2 fully saturated rings. The number of H-pyrrole nitrogens is 1. The van der Waals surface area contributed by atoms with Gasteiger partial charge in [-0.3, -0.25) is 29.6 Å². The molecule has 1 aliphatic carbocycles. The molecule has 1 unspecified atom stereocenters. The summed E-state index contributed by atoms with van der Waals surface area (Å²) in [5.41, 5.74) is 4.14. The first-order valence-electron chi connectivity index (χ1n) is 13.4. The fourth-order valence-electron chi connectivity index (χ4n) is 5.38. The van der Waals surface area contributed by atoms with Crippen molar-refractivity contribution in [2.45, 2.75) is 63.6 Å². The summed E-state index contributed by atoms with van der Waals surface area (Å²) >= 11 is 3.51. The van der Waals surface area contributed by atoms with Gasteiger partial charge >= 0.3 is 0 Å². The zero-order valence-corrected chi connectivity index (χ0v) is 23.3. The maximum absolute atomic E-state index is 13.1. The van der Waals surface area contributed by atoms with Gasteiger partial charge < -0.3 is 15.0 Å². The number of piperidine rings is 1. The van der Waals surface area contributed by atoms with Gasteiger partial charge in [-0.15, -0.1) is 0 Å². The highest BCUT2D eigenvalue weighted by molar-refractivity contribution is 9.10. The molecular formula is C29H28BrN5O5. The van der Waals surface area contributed by atoms with Crippen molar-refractivity contribution in [1.82, 2.24) is 20.4 Å². The van der Waals surface area contributed by atoms with Crippen molar-refractivity contribution in [3.63, 3.8) is 0 Å². The van der Waals surface area contributed by atoms with Gasteiger partial charge in [0.1, 0.15) is 18.4 Å². The van der Waals surface area contributed by atoms with Gasteiger partial charge in [0, 0.05) is 35.1 Å². The zero-order valence-electron chi connectivity index (χ0n) is 21.7. The minimum absolute atomic E-state index is 0.135. The second-order valence-electron chi connectivity index (χ2n) is 10.5. The van der Waals surface area contributed by atoms with Crippen molar-refractivity contribution in [2.75, 3.05) is 5.32 Å². The van der Waals surface area contributed by atoms with Crippen molar-refractivity contribution in [2.24, 2.45) is 0 Å². The van der Waals surface area contributed by atoms with E-state index < -0.39 is 11.9 Å². The third-order valence-corrected chi connectivity index (χ3v) is 8.36. The van der Waals surface area contributed by atoms with Gasteiger partial charge in [0.15, 0.2) is 5.82 Å². The van der Waals surface area contributed by atoms with Crippen LogP contribution < -0.4 is 15.4 Å². The minimum Gasteiger partial charge on any atom is -0.489 e. The monoisotopic (exact) mass is 605 g/mol. The Morgan fingerprint density at radius 2 is 1.88 bits per heavy atom. The standard InChI is InChI=1S/C29H28BrN5O5/c30-21-11-17(10-19-14-35(29(39)27(19)21)23-8-9-25(36)32-28(23)38)15-40-20-6-4-16(5-7-20)12-26(37)31-24-13-22(33-34-24)18-2-1-3-18/h4-7,10-11,13,18,23H,1-3,8-9,12,14-15H2,(H,32,36,38)(H2,31,33,34,37). The van der Waals surface area contributed by atoms with E-state index in [2.05, 4.69) is 36.8 Å². The predicted octanol–water partition coefficient (Wildman–Crippen LogP) is 3.96. The van der Waals surface area contributed by atoms with Crippen LogP contribution in [0.15, 0.2) is 46.9 Å². The molecule has 0 spiro atoms. The quantitative estimate of drug-likeness (QED) is 0.333. The molecule has 3 aliphatic rings. The van der Waals surface area contributed by atoms with Crippen molar-refractivity contribution >= 4 is 45.4 Å². The first-order chi connectivity index (χ1) is 19.3. The van der Waals surface area contributed by atoms with Crippen LogP contribution >= 0.6 is 15.9 Å². The Morgan fingerprint density at radius 3 is 2.60 bits per heavy atom. The summed E-state index contributed by atoms with van der Waals surface area (Å²) in [6.07, 6.45) is 4.32. The number of imide groups is 1. The van der Waals surface area contributed by atoms with Crippen molar-refractivity contribution < 1.29 is 23.9 Å². The van der Waals surface area contributed by atoms with E-state index in [0.717, 1.165) is 35.2 Å². The van der Waals surface area contributed by atoms with Gasteiger partial charge in [0.25, 0.3) is 5.91 Å². The summed E-state index contributed by atoms with van der Waals surface area (Å²) in [4.78, 5) is 50.9. The number of benzene rings is 2. The normalized spacial score (nSPS) is 18.8. The summed E-state index contributed by atoms with van der Waals surface area (Å²) in [6, 6.07) is 12.4. The molecule has 0 bridgehead atoms. The molecule has 1 aromatic heterocycles. The number of fused-ring (bicyclic) bond motifs is 1. The van der Waals surface area contributed by atoms with Gasteiger partial charge in [-0.05, 0) is 76.1 Å². The number of ether oxygens (including phenoxy) is 1. The molecule has 11 heteroatoms. The molecule has 1 saturated carbocycles. The molecule has 3 N–H and O–H groups in total. The summed E-state index contributed by atoms with van der Waals surface area (Å²) in [5, 5.41) is 12.4. The van der Waals surface area contributed by atoms with Crippen molar-refractivity contribution in [3.8, 4) is 5.75 Å². The number of rotatable bonds is 8. The number of anilines is 1. The molecule has 2 aromatic carbocycles. The number of carbonyl (C=O) groups excluding carboxylic acids is 4. The molecule has 3 aromatic rings. The lowest BCUT2D eigenvalue weighted by molar-refractivity contribution is -0.137. The van der Waals surface area contributed by atoms with E-state index in [1.54, 1.807) is 0 Å². The van der Waals surface area contributed by atoms with Crippen LogP contribution in [0.1, 0.15) is 70.8 Å². The number of nitrogens with one attached hydrogen (secondary N) is 3. The summed E-state index contributed by atoms with van der Waals surface area (Å²) < 4.78 is 6.61. The Labute approximate surface area is 239 Å². The number of nitrogens with zero attached hydrogens (tertiary/aromatic N) is 2. The Kier molecular flexibility index (Phi) is 7.14. The number of hydrogen-bond donors (Lipinski definition) is 3. The smallest absolute Gasteiger partial charge is 0.256 e. The fourth-order valence-corrected chi connectivity index (χ4v) is 6.09. The number of aromatic nitrogens is 2. The number of amides is 4. The van der Waals surface area contributed by atoms with Crippen LogP contribution in [0, 0.1) is 0 Å². The average Bonchev–Trinajstić information content (AvgIpc) is 3.46. The largest absolute Gasteiger partial charge is 0.489 e. The fraction of sp³-hybridized carbons (Fsp3) is 0.345. The lowest BCUT2D eigenvalue weighted by Gasteiger charge is -2.29.